The summed E-state index contributed by atoms with van der Waals surface area (Å²) in [6.07, 6.45) is 0.823. The van der Waals surface area contributed by atoms with Gasteiger partial charge in [0.25, 0.3) is 0 Å². The van der Waals surface area contributed by atoms with Gasteiger partial charge >= 0.3 is 0 Å². The Labute approximate surface area is 84.3 Å². The highest BCUT2D eigenvalue weighted by molar-refractivity contribution is 5.47. The molecule has 0 aliphatic carbocycles. The number of methoxy groups -OCH3 is 1. The van der Waals surface area contributed by atoms with E-state index in [0.29, 0.717) is 6.54 Å². The van der Waals surface area contributed by atoms with E-state index in [-0.39, 0.29) is 0 Å². The number of carbonyl (C=O) groups excluding carboxylic acids is 1. The van der Waals surface area contributed by atoms with Crippen LogP contribution in [-0.2, 0) is 11.3 Å². The molecule has 0 N–H and O–H groups in total. The summed E-state index contributed by atoms with van der Waals surface area (Å²) >= 11 is 0. The zero-order valence-corrected chi connectivity index (χ0v) is 8.78. The molecule has 1 rings (SSSR count). The average molecular weight is 193 g/mol. The summed E-state index contributed by atoms with van der Waals surface area (Å²) in [5, 5.41) is 0. The van der Waals surface area contributed by atoms with E-state index in [0.717, 1.165) is 23.3 Å². The molecular weight excluding hydrogens is 178 g/mol. The van der Waals surface area contributed by atoms with E-state index in [2.05, 4.69) is 0 Å². The Balaban J connectivity index is 2.83. The van der Waals surface area contributed by atoms with Crippen molar-refractivity contribution in [2.45, 2.75) is 13.5 Å². The maximum Gasteiger partial charge on any atom is 0.209 e. The largest absolute Gasteiger partial charge is 0.497 e. The quantitative estimate of drug-likeness (QED) is 0.680. The minimum atomic E-state index is 0.638. The normalized spacial score (nSPS) is 9.64. The molecule has 0 saturated carbocycles. The Hall–Kier alpha value is -1.51. The van der Waals surface area contributed by atoms with Crippen LogP contribution in [0.3, 0.4) is 0 Å². The third kappa shape index (κ3) is 2.49. The summed E-state index contributed by atoms with van der Waals surface area (Å²) < 4.78 is 5.10. The molecule has 0 bridgehead atoms. The number of benzene rings is 1. The fraction of sp³-hybridized carbons (Fsp3) is 0.364. The predicted octanol–water partition coefficient (Wildman–Crippen LogP) is 1.59. The molecule has 0 spiro atoms. The number of hydrogen-bond acceptors (Lipinski definition) is 2. The first kappa shape index (κ1) is 10.6. The minimum Gasteiger partial charge on any atom is -0.497 e. The smallest absolute Gasteiger partial charge is 0.209 e. The van der Waals surface area contributed by atoms with Gasteiger partial charge in [-0.2, -0.15) is 0 Å². The molecule has 0 aliphatic heterocycles. The van der Waals surface area contributed by atoms with E-state index in [4.69, 9.17) is 4.74 Å². The first-order chi connectivity index (χ1) is 6.67. The molecule has 0 unspecified atom stereocenters. The van der Waals surface area contributed by atoms with Crippen molar-refractivity contribution < 1.29 is 9.53 Å². The Morgan fingerprint density at radius 2 is 2.21 bits per heavy atom. The summed E-state index contributed by atoms with van der Waals surface area (Å²) in [4.78, 5) is 12.1. The number of rotatable bonds is 4. The van der Waals surface area contributed by atoms with Crippen molar-refractivity contribution >= 4 is 6.41 Å². The molecule has 76 valence electrons. The SMILES string of the molecule is COc1ccc(CN(C)C=O)c(C)c1. The van der Waals surface area contributed by atoms with Crippen LogP contribution in [0.15, 0.2) is 18.2 Å². The maximum atomic E-state index is 10.4. The second-order valence-electron chi connectivity index (χ2n) is 3.31. The second kappa shape index (κ2) is 4.65. The topological polar surface area (TPSA) is 29.5 Å². The van der Waals surface area contributed by atoms with Crippen LogP contribution in [0.1, 0.15) is 11.1 Å². The highest BCUT2D eigenvalue weighted by Crippen LogP contribution is 2.17. The van der Waals surface area contributed by atoms with Crippen molar-refractivity contribution in [2.24, 2.45) is 0 Å². The fourth-order valence-corrected chi connectivity index (χ4v) is 1.28. The first-order valence-electron chi connectivity index (χ1n) is 4.46. The highest BCUT2D eigenvalue weighted by Gasteiger charge is 2.02. The molecule has 0 radical (unpaired) electrons. The molecule has 0 saturated heterocycles. The van der Waals surface area contributed by atoms with Crippen LogP contribution in [0.2, 0.25) is 0 Å². The van der Waals surface area contributed by atoms with Crippen molar-refractivity contribution in [1.82, 2.24) is 4.90 Å². The zero-order chi connectivity index (χ0) is 10.6. The van der Waals surface area contributed by atoms with Crippen LogP contribution in [-0.4, -0.2) is 25.5 Å². The van der Waals surface area contributed by atoms with Crippen LogP contribution in [0.4, 0.5) is 0 Å². The number of hydrogen-bond donors (Lipinski definition) is 0. The van der Waals surface area contributed by atoms with Gasteiger partial charge in [0.05, 0.1) is 7.11 Å². The molecule has 0 aliphatic rings. The molecule has 0 atom stereocenters. The standard InChI is InChI=1S/C11H15NO2/c1-9-6-11(14-3)5-4-10(9)7-12(2)8-13/h4-6,8H,7H2,1-3H3. The lowest BCUT2D eigenvalue weighted by Gasteiger charge is -2.13. The highest BCUT2D eigenvalue weighted by atomic mass is 16.5. The van der Waals surface area contributed by atoms with Crippen LogP contribution >= 0.6 is 0 Å². The lowest BCUT2D eigenvalue weighted by Crippen LogP contribution is -2.15. The van der Waals surface area contributed by atoms with Gasteiger partial charge in [0, 0.05) is 13.6 Å². The van der Waals surface area contributed by atoms with Crippen LogP contribution in [0.5, 0.6) is 5.75 Å². The molecule has 3 heteroatoms. The average Bonchev–Trinajstić information content (AvgIpc) is 2.20. The van der Waals surface area contributed by atoms with Gasteiger partial charge in [-0.05, 0) is 30.2 Å². The summed E-state index contributed by atoms with van der Waals surface area (Å²) in [6, 6.07) is 5.85. The third-order valence-corrected chi connectivity index (χ3v) is 2.15. The monoisotopic (exact) mass is 193 g/mol. The molecule has 3 nitrogen and oxygen atoms in total. The molecule has 0 fully saturated rings. The molecular formula is C11H15NO2. The van der Waals surface area contributed by atoms with E-state index in [9.17, 15) is 4.79 Å². The first-order valence-corrected chi connectivity index (χ1v) is 4.46. The van der Waals surface area contributed by atoms with Crippen molar-refractivity contribution in [2.75, 3.05) is 14.2 Å². The second-order valence-corrected chi connectivity index (χ2v) is 3.31. The number of aryl methyl sites for hydroxylation is 1. The third-order valence-electron chi connectivity index (χ3n) is 2.15. The number of ether oxygens (including phenoxy) is 1. The Morgan fingerprint density at radius 3 is 2.71 bits per heavy atom. The Morgan fingerprint density at radius 1 is 1.50 bits per heavy atom. The van der Waals surface area contributed by atoms with Gasteiger partial charge in [0.15, 0.2) is 0 Å². The van der Waals surface area contributed by atoms with Crippen LogP contribution in [0, 0.1) is 6.92 Å². The van der Waals surface area contributed by atoms with E-state index >= 15 is 0 Å². The lowest BCUT2D eigenvalue weighted by atomic mass is 10.1. The molecule has 14 heavy (non-hydrogen) atoms. The molecule has 0 heterocycles. The van der Waals surface area contributed by atoms with Gasteiger partial charge in [-0.15, -0.1) is 0 Å². The van der Waals surface area contributed by atoms with Crippen molar-refractivity contribution in [3.63, 3.8) is 0 Å². The minimum absolute atomic E-state index is 0.638. The summed E-state index contributed by atoms with van der Waals surface area (Å²) in [5.41, 5.74) is 2.28. The van der Waals surface area contributed by atoms with E-state index in [1.165, 1.54) is 0 Å². The van der Waals surface area contributed by atoms with Crippen molar-refractivity contribution in [3.8, 4) is 5.75 Å². The Bertz CT molecular complexity index is 323. The predicted molar refractivity (Wildman–Crippen MR) is 55.3 cm³/mol. The number of carbonyl (C=O) groups is 1. The summed E-state index contributed by atoms with van der Waals surface area (Å²) in [7, 11) is 3.41. The van der Waals surface area contributed by atoms with E-state index in [1.54, 1.807) is 19.1 Å². The number of amides is 1. The van der Waals surface area contributed by atoms with E-state index in [1.807, 2.05) is 25.1 Å². The lowest BCUT2D eigenvalue weighted by molar-refractivity contribution is -0.117. The molecule has 0 aromatic heterocycles. The molecule has 1 amide bonds. The van der Waals surface area contributed by atoms with Crippen LogP contribution < -0.4 is 4.74 Å². The van der Waals surface area contributed by atoms with Crippen molar-refractivity contribution in [1.29, 1.82) is 0 Å². The zero-order valence-electron chi connectivity index (χ0n) is 8.78. The van der Waals surface area contributed by atoms with Gasteiger partial charge < -0.3 is 9.64 Å². The van der Waals surface area contributed by atoms with Gasteiger partial charge in [0.1, 0.15) is 5.75 Å². The summed E-state index contributed by atoms with van der Waals surface area (Å²) in [5.74, 6) is 0.847. The van der Waals surface area contributed by atoms with Gasteiger partial charge in [-0.25, -0.2) is 0 Å². The van der Waals surface area contributed by atoms with Gasteiger partial charge in [-0.1, -0.05) is 6.07 Å². The Kier molecular flexibility index (Phi) is 3.51. The maximum absolute atomic E-state index is 10.4. The molecule has 1 aromatic carbocycles. The summed E-state index contributed by atoms with van der Waals surface area (Å²) in [6.45, 7) is 2.65. The number of nitrogens with zero attached hydrogens (tertiary/aromatic N) is 1. The fourth-order valence-electron chi connectivity index (χ4n) is 1.28. The van der Waals surface area contributed by atoms with Crippen molar-refractivity contribution in [3.05, 3.63) is 29.3 Å². The van der Waals surface area contributed by atoms with Crippen LogP contribution in [0.25, 0.3) is 0 Å². The van der Waals surface area contributed by atoms with Gasteiger partial charge in [0.2, 0.25) is 6.41 Å². The molecule has 1 aromatic rings. The van der Waals surface area contributed by atoms with E-state index < -0.39 is 0 Å². The van der Waals surface area contributed by atoms with Gasteiger partial charge in [-0.3, -0.25) is 4.79 Å².